The summed E-state index contributed by atoms with van der Waals surface area (Å²) < 4.78 is 0. The first-order chi connectivity index (χ1) is 7.70. The summed E-state index contributed by atoms with van der Waals surface area (Å²) in [6.07, 6.45) is 3.66. The summed E-state index contributed by atoms with van der Waals surface area (Å²) in [5, 5.41) is 0.226. The van der Waals surface area contributed by atoms with Gasteiger partial charge in [-0.2, -0.15) is 0 Å². The fraction of sp³-hybridized carbons (Fsp3) is 0.667. The van der Waals surface area contributed by atoms with Crippen molar-refractivity contribution in [2.45, 2.75) is 39.5 Å². The molecule has 0 N–H and O–H groups in total. The zero-order chi connectivity index (χ0) is 12.0. The predicted octanol–water partition coefficient (Wildman–Crippen LogP) is 3.42. The Morgan fingerprint density at radius 3 is 1.62 bits per heavy atom. The van der Waals surface area contributed by atoms with Crippen LogP contribution in [0.3, 0.4) is 0 Å². The highest BCUT2D eigenvalue weighted by Crippen LogP contribution is 2.31. The third kappa shape index (κ3) is 3.67. The van der Waals surface area contributed by atoms with E-state index in [-0.39, 0.29) is 10.2 Å². The summed E-state index contributed by atoms with van der Waals surface area (Å²) in [6.45, 7) is 3.93. The second kappa shape index (κ2) is 7.17. The first-order valence-electron chi connectivity index (χ1n) is 5.77. The van der Waals surface area contributed by atoms with Gasteiger partial charge in [0.15, 0.2) is 0 Å². The first kappa shape index (κ1) is 13.8. The lowest BCUT2D eigenvalue weighted by Gasteiger charge is -2.17. The van der Waals surface area contributed by atoms with Crippen molar-refractivity contribution in [2.24, 2.45) is 0 Å². The van der Waals surface area contributed by atoms with Crippen molar-refractivity contribution in [2.75, 3.05) is 11.5 Å². The summed E-state index contributed by atoms with van der Waals surface area (Å²) in [5.41, 5.74) is 1.59. The van der Waals surface area contributed by atoms with Gasteiger partial charge in [0.1, 0.15) is 0 Å². The molecule has 1 aliphatic rings. The molecule has 0 aliphatic heterocycles. The van der Waals surface area contributed by atoms with E-state index in [0.717, 1.165) is 48.3 Å². The maximum absolute atomic E-state index is 11.9. The van der Waals surface area contributed by atoms with E-state index in [1.165, 1.54) is 23.5 Å². The third-order valence-corrected chi connectivity index (χ3v) is 4.11. The van der Waals surface area contributed by atoms with E-state index in [1.54, 1.807) is 0 Å². The highest BCUT2D eigenvalue weighted by Gasteiger charge is 2.23. The topological polar surface area (TPSA) is 34.1 Å². The minimum Gasteiger partial charge on any atom is -0.282 e. The number of hydrogen-bond acceptors (Lipinski definition) is 4. The summed E-state index contributed by atoms with van der Waals surface area (Å²) in [5.74, 6) is 1.56. The molecule has 0 bridgehead atoms. The molecule has 1 aliphatic carbocycles. The van der Waals surface area contributed by atoms with Gasteiger partial charge in [-0.15, -0.1) is 0 Å². The number of hydrogen-bond donors (Lipinski definition) is 0. The normalized spacial score (nSPS) is 16.4. The van der Waals surface area contributed by atoms with Crippen LogP contribution in [-0.2, 0) is 9.59 Å². The highest BCUT2D eigenvalue weighted by atomic mass is 32.2. The van der Waals surface area contributed by atoms with Gasteiger partial charge < -0.3 is 0 Å². The third-order valence-electron chi connectivity index (χ3n) is 2.51. The van der Waals surface area contributed by atoms with Crippen molar-refractivity contribution in [1.82, 2.24) is 0 Å². The molecule has 0 radical (unpaired) electrons. The van der Waals surface area contributed by atoms with Crippen LogP contribution in [0.25, 0.3) is 0 Å². The monoisotopic (exact) mass is 258 g/mol. The number of carbonyl (C=O) groups excluding carboxylic acids is 2. The van der Waals surface area contributed by atoms with Gasteiger partial charge in [0.05, 0.1) is 0 Å². The standard InChI is InChI=1S/C12H18O2S2/c1-3-15-11(13)9-7-5-6-8-10(9)12(14)16-4-2/h3-8H2,1-2H3. The van der Waals surface area contributed by atoms with Gasteiger partial charge in [-0.3, -0.25) is 9.59 Å². The molecule has 0 spiro atoms. The molecule has 0 aromatic carbocycles. The molecule has 1 rings (SSSR count). The Kier molecular flexibility index (Phi) is 6.21. The minimum atomic E-state index is 0.113. The Morgan fingerprint density at radius 1 is 0.938 bits per heavy atom. The Labute approximate surface area is 106 Å². The van der Waals surface area contributed by atoms with Crippen LogP contribution in [0.2, 0.25) is 0 Å². The summed E-state index contributed by atoms with van der Waals surface area (Å²) in [4.78, 5) is 23.7. The molecule has 0 fully saturated rings. The van der Waals surface area contributed by atoms with Gasteiger partial charge in [0, 0.05) is 11.1 Å². The summed E-state index contributed by atoms with van der Waals surface area (Å²) in [7, 11) is 0. The van der Waals surface area contributed by atoms with Gasteiger partial charge in [-0.25, -0.2) is 0 Å². The number of carbonyl (C=O) groups is 2. The van der Waals surface area contributed by atoms with Crippen molar-refractivity contribution in [3.05, 3.63) is 11.1 Å². The van der Waals surface area contributed by atoms with Crippen LogP contribution in [0, 0.1) is 0 Å². The second-order valence-electron chi connectivity index (χ2n) is 3.61. The maximum atomic E-state index is 11.9. The molecule has 16 heavy (non-hydrogen) atoms. The Bertz CT molecular complexity index is 278. The first-order valence-corrected chi connectivity index (χ1v) is 7.74. The van der Waals surface area contributed by atoms with Crippen molar-refractivity contribution < 1.29 is 9.59 Å². The predicted molar refractivity (Wildman–Crippen MR) is 71.8 cm³/mol. The zero-order valence-corrected chi connectivity index (χ0v) is 11.5. The van der Waals surface area contributed by atoms with Gasteiger partial charge in [0.25, 0.3) is 0 Å². The summed E-state index contributed by atoms with van der Waals surface area (Å²) in [6, 6.07) is 0. The molecule has 0 saturated heterocycles. The van der Waals surface area contributed by atoms with E-state index < -0.39 is 0 Å². The lowest BCUT2D eigenvalue weighted by molar-refractivity contribution is -0.110. The van der Waals surface area contributed by atoms with E-state index in [9.17, 15) is 9.59 Å². The van der Waals surface area contributed by atoms with Crippen LogP contribution in [0.5, 0.6) is 0 Å². The highest BCUT2D eigenvalue weighted by molar-refractivity contribution is 8.14. The van der Waals surface area contributed by atoms with Crippen molar-refractivity contribution >= 4 is 33.8 Å². The Hall–Kier alpha value is -0.220. The quantitative estimate of drug-likeness (QED) is 0.774. The van der Waals surface area contributed by atoms with Gasteiger partial charge in [-0.1, -0.05) is 37.4 Å². The second-order valence-corrected chi connectivity index (χ2v) is 6.08. The van der Waals surface area contributed by atoms with Gasteiger partial charge in [0.2, 0.25) is 10.2 Å². The Balaban J connectivity index is 2.86. The van der Waals surface area contributed by atoms with Crippen molar-refractivity contribution in [3.63, 3.8) is 0 Å². The molecule has 0 atom stereocenters. The minimum absolute atomic E-state index is 0.113. The van der Waals surface area contributed by atoms with Crippen LogP contribution in [0.15, 0.2) is 11.1 Å². The fourth-order valence-electron chi connectivity index (χ4n) is 1.79. The van der Waals surface area contributed by atoms with Gasteiger partial charge in [-0.05, 0) is 37.2 Å². The largest absolute Gasteiger partial charge is 0.282 e. The average molecular weight is 258 g/mol. The lowest BCUT2D eigenvalue weighted by Crippen LogP contribution is -2.12. The molecule has 0 amide bonds. The number of thioether (sulfide) groups is 2. The molecule has 0 aromatic rings. The molecule has 0 unspecified atom stereocenters. The zero-order valence-electron chi connectivity index (χ0n) is 9.88. The molecule has 0 aromatic heterocycles. The van der Waals surface area contributed by atoms with E-state index in [4.69, 9.17) is 0 Å². The molecule has 2 nitrogen and oxygen atoms in total. The van der Waals surface area contributed by atoms with Crippen molar-refractivity contribution in [1.29, 1.82) is 0 Å². The average Bonchev–Trinajstić information content (AvgIpc) is 2.30. The van der Waals surface area contributed by atoms with Crippen LogP contribution in [-0.4, -0.2) is 21.7 Å². The summed E-state index contributed by atoms with van der Waals surface area (Å²) >= 11 is 2.64. The van der Waals surface area contributed by atoms with E-state index in [1.807, 2.05) is 13.8 Å². The molecular weight excluding hydrogens is 240 g/mol. The fourth-order valence-corrected chi connectivity index (χ4v) is 3.12. The van der Waals surface area contributed by atoms with Crippen LogP contribution < -0.4 is 0 Å². The van der Waals surface area contributed by atoms with Gasteiger partial charge >= 0.3 is 0 Å². The van der Waals surface area contributed by atoms with E-state index in [2.05, 4.69) is 0 Å². The molecule has 4 heteroatoms. The maximum Gasteiger partial charge on any atom is 0.215 e. The molecule has 0 heterocycles. The van der Waals surface area contributed by atoms with Crippen molar-refractivity contribution in [3.8, 4) is 0 Å². The van der Waals surface area contributed by atoms with E-state index in [0.29, 0.717) is 0 Å². The van der Waals surface area contributed by atoms with Crippen LogP contribution >= 0.6 is 23.5 Å². The van der Waals surface area contributed by atoms with E-state index >= 15 is 0 Å². The smallest absolute Gasteiger partial charge is 0.215 e. The molecule has 0 saturated carbocycles. The molecular formula is C12H18O2S2. The van der Waals surface area contributed by atoms with Crippen LogP contribution in [0.1, 0.15) is 39.5 Å². The Morgan fingerprint density at radius 2 is 1.31 bits per heavy atom. The lowest BCUT2D eigenvalue weighted by atomic mass is 9.93. The SMILES string of the molecule is CCSC(=O)C1=C(C(=O)SCC)CCCC1. The van der Waals surface area contributed by atoms with Crippen LogP contribution in [0.4, 0.5) is 0 Å². The number of rotatable bonds is 4. The molecule has 90 valence electrons.